The standard InChI is InChI=1S/C18H23ClF3N3O2/c19-15-9-13(18(20,21)22)10-23-16(15)24-7-4-12(5-8-24)17(27)25-6-2-1-3-14(25)11-26/h9-10,12,14,26H,1-8,11H2. The van der Waals surface area contributed by atoms with Gasteiger partial charge in [-0.3, -0.25) is 4.79 Å². The number of carbonyl (C=O) groups excluding carboxylic acids is 1. The molecule has 150 valence electrons. The highest BCUT2D eigenvalue weighted by molar-refractivity contribution is 6.33. The minimum atomic E-state index is -4.48. The third-order valence-electron chi connectivity index (χ3n) is 5.41. The number of carbonyl (C=O) groups is 1. The predicted molar refractivity (Wildman–Crippen MR) is 95.6 cm³/mol. The lowest BCUT2D eigenvalue weighted by atomic mass is 9.92. The number of likely N-dealkylation sites (tertiary alicyclic amines) is 1. The van der Waals surface area contributed by atoms with Gasteiger partial charge in [0.2, 0.25) is 5.91 Å². The topological polar surface area (TPSA) is 56.7 Å². The molecule has 3 rings (SSSR count). The molecule has 3 heterocycles. The Labute approximate surface area is 161 Å². The van der Waals surface area contributed by atoms with E-state index in [0.717, 1.165) is 31.5 Å². The first-order valence-electron chi connectivity index (χ1n) is 9.20. The van der Waals surface area contributed by atoms with Crippen LogP contribution in [-0.2, 0) is 11.0 Å². The van der Waals surface area contributed by atoms with Gasteiger partial charge in [0.15, 0.2) is 0 Å². The molecule has 0 spiro atoms. The Morgan fingerprint density at radius 2 is 1.93 bits per heavy atom. The Bertz CT molecular complexity index is 678. The molecule has 1 aromatic rings. The maximum Gasteiger partial charge on any atom is 0.417 e. The van der Waals surface area contributed by atoms with Crippen LogP contribution in [0.25, 0.3) is 0 Å². The van der Waals surface area contributed by atoms with Crippen LogP contribution >= 0.6 is 11.6 Å². The molecule has 27 heavy (non-hydrogen) atoms. The zero-order valence-electron chi connectivity index (χ0n) is 14.9. The molecule has 0 saturated carbocycles. The number of hydrogen-bond acceptors (Lipinski definition) is 4. The highest BCUT2D eigenvalue weighted by Crippen LogP contribution is 2.35. The fourth-order valence-corrected chi connectivity index (χ4v) is 4.16. The number of halogens is 4. The van der Waals surface area contributed by atoms with Crippen LogP contribution in [0.4, 0.5) is 19.0 Å². The summed E-state index contributed by atoms with van der Waals surface area (Å²) in [4.78, 5) is 20.3. The minimum Gasteiger partial charge on any atom is -0.394 e. The molecule has 0 aliphatic carbocycles. The van der Waals surface area contributed by atoms with Crippen LogP contribution in [0.1, 0.15) is 37.7 Å². The Hall–Kier alpha value is -1.54. The van der Waals surface area contributed by atoms with Crippen molar-refractivity contribution in [2.24, 2.45) is 5.92 Å². The van der Waals surface area contributed by atoms with Crippen molar-refractivity contribution in [3.05, 3.63) is 22.8 Å². The lowest BCUT2D eigenvalue weighted by Gasteiger charge is -2.39. The van der Waals surface area contributed by atoms with Gasteiger partial charge in [0, 0.05) is 31.7 Å². The van der Waals surface area contributed by atoms with Gasteiger partial charge < -0.3 is 14.9 Å². The van der Waals surface area contributed by atoms with E-state index in [1.807, 2.05) is 4.90 Å². The summed E-state index contributed by atoms with van der Waals surface area (Å²) < 4.78 is 38.2. The van der Waals surface area contributed by atoms with E-state index in [9.17, 15) is 23.1 Å². The first-order valence-corrected chi connectivity index (χ1v) is 9.58. The van der Waals surface area contributed by atoms with Crippen molar-refractivity contribution in [2.45, 2.75) is 44.3 Å². The van der Waals surface area contributed by atoms with Gasteiger partial charge in [0.25, 0.3) is 0 Å². The number of pyridine rings is 1. The lowest BCUT2D eigenvalue weighted by molar-refractivity contribution is -0.141. The summed E-state index contributed by atoms with van der Waals surface area (Å²) in [5.74, 6) is 0.253. The van der Waals surface area contributed by atoms with Crippen LogP contribution in [0.5, 0.6) is 0 Å². The number of nitrogens with zero attached hydrogens (tertiary/aromatic N) is 3. The van der Waals surface area contributed by atoms with E-state index < -0.39 is 11.7 Å². The van der Waals surface area contributed by atoms with Gasteiger partial charge >= 0.3 is 6.18 Å². The summed E-state index contributed by atoms with van der Waals surface area (Å²) >= 11 is 6.02. The summed E-state index contributed by atoms with van der Waals surface area (Å²) in [6.45, 7) is 1.67. The van der Waals surface area contributed by atoms with Gasteiger partial charge in [-0.1, -0.05) is 11.6 Å². The Morgan fingerprint density at radius 3 is 2.52 bits per heavy atom. The first-order chi connectivity index (χ1) is 12.8. The van der Waals surface area contributed by atoms with E-state index in [-0.39, 0.29) is 29.5 Å². The van der Waals surface area contributed by atoms with Crippen molar-refractivity contribution in [1.29, 1.82) is 0 Å². The molecular weight excluding hydrogens is 383 g/mol. The number of anilines is 1. The SMILES string of the molecule is O=C(C1CCN(c2ncc(C(F)(F)F)cc2Cl)CC1)N1CCCCC1CO. The van der Waals surface area contributed by atoms with Crippen LogP contribution in [0.15, 0.2) is 12.3 Å². The summed E-state index contributed by atoms with van der Waals surface area (Å²) in [6, 6.07) is 0.788. The molecule has 0 radical (unpaired) electrons. The predicted octanol–water partition coefficient (Wildman–Crippen LogP) is 3.34. The average molecular weight is 406 g/mol. The highest BCUT2D eigenvalue weighted by Gasteiger charge is 2.35. The zero-order chi connectivity index (χ0) is 19.6. The van der Waals surface area contributed by atoms with E-state index >= 15 is 0 Å². The van der Waals surface area contributed by atoms with Gasteiger partial charge in [-0.05, 0) is 38.2 Å². The summed E-state index contributed by atoms with van der Waals surface area (Å²) in [5.41, 5.74) is -0.874. The summed E-state index contributed by atoms with van der Waals surface area (Å²) in [6.07, 6.45) is 0.285. The van der Waals surface area contributed by atoms with Crippen molar-refractivity contribution < 1.29 is 23.1 Å². The maximum atomic E-state index is 12.8. The second-order valence-electron chi connectivity index (χ2n) is 7.15. The molecule has 1 amide bonds. The molecule has 2 aliphatic heterocycles. The molecular formula is C18H23ClF3N3O2. The third-order valence-corrected chi connectivity index (χ3v) is 5.69. The van der Waals surface area contributed by atoms with E-state index in [1.165, 1.54) is 0 Å². The first kappa shape index (κ1) is 20.2. The minimum absolute atomic E-state index is 0.0182. The Balaban J connectivity index is 1.62. The van der Waals surface area contributed by atoms with Gasteiger partial charge in [-0.15, -0.1) is 0 Å². The smallest absolute Gasteiger partial charge is 0.394 e. The fourth-order valence-electron chi connectivity index (χ4n) is 3.87. The maximum absolute atomic E-state index is 12.8. The van der Waals surface area contributed by atoms with Crippen molar-refractivity contribution in [3.8, 4) is 0 Å². The molecule has 5 nitrogen and oxygen atoms in total. The van der Waals surface area contributed by atoms with Crippen LogP contribution in [0.3, 0.4) is 0 Å². The van der Waals surface area contributed by atoms with E-state index in [1.54, 1.807) is 4.90 Å². The Kier molecular flexibility index (Phi) is 6.15. The number of piperidine rings is 2. The van der Waals surface area contributed by atoms with Gasteiger partial charge in [0.1, 0.15) is 5.82 Å². The monoisotopic (exact) mass is 405 g/mol. The van der Waals surface area contributed by atoms with Crippen molar-refractivity contribution in [3.63, 3.8) is 0 Å². The highest BCUT2D eigenvalue weighted by atomic mass is 35.5. The summed E-state index contributed by atoms with van der Waals surface area (Å²) in [7, 11) is 0. The number of hydrogen-bond donors (Lipinski definition) is 1. The van der Waals surface area contributed by atoms with Crippen LogP contribution in [-0.4, -0.2) is 53.2 Å². The van der Waals surface area contributed by atoms with E-state index in [0.29, 0.717) is 38.3 Å². The van der Waals surface area contributed by atoms with E-state index in [2.05, 4.69) is 4.98 Å². The molecule has 9 heteroatoms. The molecule has 1 atom stereocenters. The van der Waals surface area contributed by atoms with Gasteiger partial charge in [-0.2, -0.15) is 13.2 Å². The normalized spacial score (nSPS) is 22.2. The number of aliphatic hydroxyl groups excluding tert-OH is 1. The van der Waals surface area contributed by atoms with Crippen molar-refractivity contribution in [2.75, 3.05) is 31.1 Å². The number of aliphatic hydroxyl groups is 1. The number of rotatable bonds is 3. The third kappa shape index (κ3) is 4.48. The molecule has 0 bridgehead atoms. The van der Waals surface area contributed by atoms with Crippen LogP contribution in [0.2, 0.25) is 5.02 Å². The van der Waals surface area contributed by atoms with Crippen molar-refractivity contribution >= 4 is 23.3 Å². The lowest BCUT2D eigenvalue weighted by Crippen LogP contribution is -2.50. The molecule has 1 unspecified atom stereocenters. The zero-order valence-corrected chi connectivity index (χ0v) is 15.6. The molecule has 0 aromatic carbocycles. The molecule has 1 N–H and O–H groups in total. The summed E-state index contributed by atoms with van der Waals surface area (Å²) in [5, 5.41) is 9.47. The van der Waals surface area contributed by atoms with Gasteiger partial charge in [-0.25, -0.2) is 4.98 Å². The van der Waals surface area contributed by atoms with E-state index in [4.69, 9.17) is 11.6 Å². The number of aromatic nitrogens is 1. The van der Waals surface area contributed by atoms with Crippen LogP contribution in [0, 0.1) is 5.92 Å². The fraction of sp³-hybridized carbons (Fsp3) is 0.667. The number of alkyl halides is 3. The van der Waals surface area contributed by atoms with Crippen molar-refractivity contribution in [1.82, 2.24) is 9.88 Å². The second-order valence-corrected chi connectivity index (χ2v) is 7.56. The average Bonchev–Trinajstić information content (AvgIpc) is 2.67. The second kappa shape index (κ2) is 8.22. The Morgan fingerprint density at radius 1 is 1.22 bits per heavy atom. The quantitative estimate of drug-likeness (QED) is 0.838. The molecule has 2 fully saturated rings. The molecule has 2 saturated heterocycles. The number of amides is 1. The molecule has 1 aromatic heterocycles. The molecule has 2 aliphatic rings. The van der Waals surface area contributed by atoms with Gasteiger partial charge in [0.05, 0.1) is 23.2 Å². The van der Waals surface area contributed by atoms with Crippen LogP contribution < -0.4 is 4.90 Å². The largest absolute Gasteiger partial charge is 0.417 e.